The summed E-state index contributed by atoms with van der Waals surface area (Å²) in [5, 5.41) is 3.36. The molecule has 0 bridgehead atoms. The van der Waals surface area contributed by atoms with E-state index < -0.39 is 0 Å². The number of ether oxygens (including phenoxy) is 2. The zero-order valence-electron chi connectivity index (χ0n) is 14.1. The lowest BCUT2D eigenvalue weighted by Gasteiger charge is -2.12. The number of rotatable bonds is 6. The van der Waals surface area contributed by atoms with E-state index in [1.165, 1.54) is 0 Å². The first kappa shape index (κ1) is 15.9. The highest BCUT2D eigenvalue weighted by atomic mass is 16.5. The van der Waals surface area contributed by atoms with Crippen molar-refractivity contribution in [1.29, 1.82) is 0 Å². The van der Waals surface area contributed by atoms with Gasteiger partial charge >= 0.3 is 0 Å². The number of nitrogens with one attached hydrogen (secondary N) is 1. The van der Waals surface area contributed by atoms with Gasteiger partial charge in [-0.3, -0.25) is 0 Å². The van der Waals surface area contributed by atoms with E-state index in [4.69, 9.17) is 9.47 Å². The van der Waals surface area contributed by atoms with Crippen molar-refractivity contribution in [3.05, 3.63) is 60.3 Å². The molecule has 24 heavy (non-hydrogen) atoms. The third-order valence-corrected chi connectivity index (χ3v) is 3.98. The summed E-state index contributed by atoms with van der Waals surface area (Å²) in [4.78, 5) is 4.49. The maximum atomic E-state index is 5.42. The molecule has 0 radical (unpaired) electrons. The quantitative estimate of drug-likeness (QED) is 0.751. The van der Waals surface area contributed by atoms with Gasteiger partial charge in [0.2, 0.25) is 5.95 Å². The number of benzene rings is 2. The molecule has 0 atom stereocenters. The van der Waals surface area contributed by atoms with E-state index in [2.05, 4.69) is 22.4 Å². The monoisotopic (exact) mass is 323 g/mol. The minimum Gasteiger partial charge on any atom is -0.497 e. The van der Waals surface area contributed by atoms with Crippen LogP contribution in [0.5, 0.6) is 11.5 Å². The van der Waals surface area contributed by atoms with E-state index in [1.54, 1.807) is 14.2 Å². The van der Waals surface area contributed by atoms with Crippen LogP contribution in [0.25, 0.3) is 11.3 Å². The summed E-state index contributed by atoms with van der Waals surface area (Å²) in [5.41, 5.74) is 3.22. The molecule has 0 aliphatic carbocycles. The second-order valence-electron chi connectivity index (χ2n) is 5.42. The number of hydrogen-bond acceptors (Lipinski definition) is 4. The Balaban J connectivity index is 1.80. The van der Waals surface area contributed by atoms with Crippen molar-refractivity contribution in [2.24, 2.45) is 7.05 Å². The number of hydrogen-bond donors (Lipinski definition) is 1. The summed E-state index contributed by atoms with van der Waals surface area (Å²) >= 11 is 0. The Morgan fingerprint density at radius 1 is 1.04 bits per heavy atom. The maximum absolute atomic E-state index is 5.42. The van der Waals surface area contributed by atoms with E-state index in [-0.39, 0.29) is 0 Å². The minimum atomic E-state index is 0.597. The highest BCUT2D eigenvalue weighted by Gasteiger charge is 2.10. The average molecular weight is 323 g/mol. The van der Waals surface area contributed by atoms with Crippen molar-refractivity contribution in [3.63, 3.8) is 0 Å². The van der Waals surface area contributed by atoms with Gasteiger partial charge < -0.3 is 19.4 Å². The molecule has 5 nitrogen and oxygen atoms in total. The summed E-state index contributed by atoms with van der Waals surface area (Å²) < 4.78 is 12.7. The lowest BCUT2D eigenvalue weighted by molar-refractivity contribution is 0.399. The van der Waals surface area contributed by atoms with Crippen molar-refractivity contribution in [2.75, 3.05) is 19.5 Å². The molecule has 3 rings (SSSR count). The fourth-order valence-corrected chi connectivity index (χ4v) is 2.65. The van der Waals surface area contributed by atoms with Gasteiger partial charge in [0, 0.05) is 19.2 Å². The predicted molar refractivity (Wildman–Crippen MR) is 95.5 cm³/mol. The molecule has 0 unspecified atom stereocenters. The van der Waals surface area contributed by atoms with E-state index in [9.17, 15) is 0 Å². The van der Waals surface area contributed by atoms with Crippen LogP contribution in [-0.2, 0) is 13.6 Å². The van der Waals surface area contributed by atoms with Gasteiger partial charge in [0.05, 0.1) is 26.1 Å². The lowest BCUT2D eigenvalue weighted by Crippen LogP contribution is -2.07. The van der Waals surface area contributed by atoms with E-state index in [0.29, 0.717) is 6.54 Å². The Bertz CT molecular complexity index is 813. The molecule has 0 saturated heterocycles. The van der Waals surface area contributed by atoms with Gasteiger partial charge in [-0.1, -0.05) is 30.3 Å². The first-order valence-electron chi connectivity index (χ1n) is 7.75. The summed E-state index contributed by atoms with van der Waals surface area (Å²) in [6.07, 6.45) is 1.88. The molecule has 0 aliphatic heterocycles. The molecule has 0 aliphatic rings. The molecule has 124 valence electrons. The molecular formula is C19H21N3O2. The highest BCUT2D eigenvalue weighted by Crippen LogP contribution is 2.26. The van der Waals surface area contributed by atoms with E-state index >= 15 is 0 Å². The first-order chi connectivity index (χ1) is 11.7. The zero-order valence-corrected chi connectivity index (χ0v) is 14.1. The Morgan fingerprint density at radius 3 is 2.54 bits per heavy atom. The first-order valence-corrected chi connectivity index (χ1v) is 7.75. The Kier molecular flexibility index (Phi) is 4.70. The van der Waals surface area contributed by atoms with Gasteiger partial charge in [-0.25, -0.2) is 4.98 Å². The van der Waals surface area contributed by atoms with Crippen molar-refractivity contribution < 1.29 is 9.47 Å². The minimum absolute atomic E-state index is 0.597. The number of aromatic nitrogens is 2. The van der Waals surface area contributed by atoms with Gasteiger partial charge in [0.25, 0.3) is 0 Å². The Morgan fingerprint density at radius 2 is 1.83 bits per heavy atom. The summed E-state index contributed by atoms with van der Waals surface area (Å²) in [7, 11) is 5.32. The van der Waals surface area contributed by atoms with Crippen LogP contribution in [0, 0.1) is 0 Å². The van der Waals surface area contributed by atoms with Crippen molar-refractivity contribution in [1.82, 2.24) is 9.55 Å². The van der Waals surface area contributed by atoms with Crippen LogP contribution in [0.15, 0.2) is 54.7 Å². The molecule has 3 aromatic rings. The molecule has 0 spiro atoms. The van der Waals surface area contributed by atoms with Gasteiger partial charge in [-0.2, -0.15) is 0 Å². The van der Waals surface area contributed by atoms with Crippen LogP contribution in [-0.4, -0.2) is 23.8 Å². The largest absolute Gasteiger partial charge is 0.497 e. The third-order valence-electron chi connectivity index (χ3n) is 3.98. The molecule has 0 fully saturated rings. The number of anilines is 1. The SMILES string of the molecule is COc1ccc(OC)c(CNc2ncc(-c3ccccc3)n2C)c1. The standard InChI is InChI=1S/C19H21N3O2/c1-22-17(14-7-5-4-6-8-14)13-21-19(22)20-12-15-11-16(23-2)9-10-18(15)24-3/h4-11,13H,12H2,1-3H3,(H,20,21). The molecule has 5 heteroatoms. The summed E-state index contributed by atoms with van der Waals surface area (Å²) in [5.74, 6) is 2.43. The van der Waals surface area contributed by atoms with Crippen LogP contribution < -0.4 is 14.8 Å². The number of methoxy groups -OCH3 is 2. The molecule has 1 N–H and O–H groups in total. The van der Waals surface area contributed by atoms with Crippen LogP contribution in [0.3, 0.4) is 0 Å². The van der Waals surface area contributed by atoms with E-state index in [1.807, 2.05) is 54.2 Å². The normalized spacial score (nSPS) is 10.5. The molecular weight excluding hydrogens is 302 g/mol. The maximum Gasteiger partial charge on any atom is 0.203 e. The zero-order chi connectivity index (χ0) is 16.9. The van der Waals surface area contributed by atoms with Crippen LogP contribution in [0.4, 0.5) is 5.95 Å². The summed E-state index contributed by atoms with van der Waals surface area (Å²) in [6, 6.07) is 16.0. The van der Waals surface area contributed by atoms with Crippen LogP contribution in [0.1, 0.15) is 5.56 Å². The van der Waals surface area contributed by atoms with Crippen molar-refractivity contribution in [2.45, 2.75) is 6.54 Å². The smallest absolute Gasteiger partial charge is 0.203 e. The van der Waals surface area contributed by atoms with Crippen molar-refractivity contribution in [3.8, 4) is 22.8 Å². The van der Waals surface area contributed by atoms with Crippen molar-refractivity contribution >= 4 is 5.95 Å². The Hall–Kier alpha value is -2.95. The second-order valence-corrected chi connectivity index (χ2v) is 5.42. The fourth-order valence-electron chi connectivity index (χ4n) is 2.65. The summed E-state index contributed by atoms with van der Waals surface area (Å²) in [6.45, 7) is 0.597. The Labute approximate surface area is 141 Å². The van der Waals surface area contributed by atoms with E-state index in [0.717, 1.165) is 34.3 Å². The molecule has 2 aromatic carbocycles. The fraction of sp³-hybridized carbons (Fsp3) is 0.211. The average Bonchev–Trinajstić information content (AvgIpc) is 3.01. The number of nitrogens with zero attached hydrogens (tertiary/aromatic N) is 2. The molecule has 1 heterocycles. The molecule has 0 saturated carbocycles. The molecule has 0 amide bonds. The lowest BCUT2D eigenvalue weighted by atomic mass is 10.2. The van der Waals surface area contributed by atoms with Gasteiger partial charge in [-0.05, 0) is 23.8 Å². The highest BCUT2D eigenvalue weighted by molar-refractivity contribution is 5.61. The molecule has 1 aromatic heterocycles. The topological polar surface area (TPSA) is 48.3 Å². The van der Waals surface area contributed by atoms with Crippen LogP contribution >= 0.6 is 0 Å². The number of imidazole rings is 1. The third kappa shape index (κ3) is 3.20. The predicted octanol–water partition coefficient (Wildman–Crippen LogP) is 3.72. The van der Waals surface area contributed by atoms with Crippen LogP contribution in [0.2, 0.25) is 0 Å². The van der Waals surface area contributed by atoms with Gasteiger partial charge in [0.1, 0.15) is 11.5 Å². The van der Waals surface area contributed by atoms with Gasteiger partial charge in [-0.15, -0.1) is 0 Å². The second kappa shape index (κ2) is 7.08. The van der Waals surface area contributed by atoms with Gasteiger partial charge in [0.15, 0.2) is 0 Å².